The lowest BCUT2D eigenvalue weighted by Crippen LogP contribution is -2.60. The van der Waals surface area contributed by atoms with Crippen LogP contribution >= 0.6 is 22.6 Å². The van der Waals surface area contributed by atoms with Crippen LogP contribution in [0.2, 0.25) is 0 Å². The Morgan fingerprint density at radius 2 is 1.78 bits per heavy atom. The van der Waals surface area contributed by atoms with Crippen LogP contribution in [0.15, 0.2) is 0 Å². The molecule has 0 aromatic carbocycles. The molecule has 4 nitrogen and oxygen atoms in total. The highest BCUT2D eigenvalue weighted by Gasteiger charge is 2.47. The zero-order chi connectivity index (χ0) is 14.0. The SMILES string of the molecule is CC1(C)CC(OC(=O)CCCI)CC(C)(C)N1[O]. The maximum absolute atomic E-state index is 12.1. The Kier molecular flexibility index (Phi) is 5.44. The molecule has 0 unspecified atom stereocenters. The van der Waals surface area contributed by atoms with E-state index in [0.29, 0.717) is 19.3 Å². The van der Waals surface area contributed by atoms with Crippen molar-refractivity contribution in [2.75, 3.05) is 4.43 Å². The van der Waals surface area contributed by atoms with E-state index in [1.165, 1.54) is 0 Å². The van der Waals surface area contributed by atoms with Crippen molar-refractivity contribution >= 4 is 28.6 Å². The minimum Gasteiger partial charge on any atom is -0.462 e. The van der Waals surface area contributed by atoms with Gasteiger partial charge in [-0.1, -0.05) is 22.6 Å². The third kappa shape index (κ3) is 4.06. The lowest BCUT2D eigenvalue weighted by Gasteiger charge is -2.49. The highest BCUT2D eigenvalue weighted by Crippen LogP contribution is 2.38. The Bertz CT molecular complexity index is 287. The van der Waals surface area contributed by atoms with Crippen LogP contribution in [-0.2, 0) is 14.7 Å². The molecule has 0 aliphatic carbocycles. The molecule has 1 heterocycles. The topological polar surface area (TPSA) is 49.4 Å². The van der Waals surface area contributed by atoms with E-state index < -0.39 is 11.1 Å². The van der Waals surface area contributed by atoms with Crippen LogP contribution in [0.25, 0.3) is 0 Å². The molecule has 0 spiro atoms. The van der Waals surface area contributed by atoms with E-state index in [4.69, 9.17) is 4.74 Å². The third-order valence-corrected chi connectivity index (χ3v) is 4.13. The van der Waals surface area contributed by atoms with Gasteiger partial charge in [-0.05, 0) is 34.1 Å². The Morgan fingerprint density at radius 3 is 2.22 bits per heavy atom. The highest BCUT2D eigenvalue weighted by atomic mass is 127. The Labute approximate surface area is 123 Å². The van der Waals surface area contributed by atoms with Gasteiger partial charge in [0.05, 0.1) is 0 Å². The third-order valence-electron chi connectivity index (χ3n) is 3.37. The summed E-state index contributed by atoms with van der Waals surface area (Å²) in [5.41, 5.74) is -0.952. The number of hydroxylamine groups is 2. The van der Waals surface area contributed by atoms with Crippen molar-refractivity contribution in [3.63, 3.8) is 0 Å². The van der Waals surface area contributed by atoms with Gasteiger partial charge in [0.15, 0.2) is 0 Å². The molecular weight excluding hydrogens is 345 g/mol. The van der Waals surface area contributed by atoms with Gasteiger partial charge in [0, 0.05) is 34.8 Å². The molecule has 0 amide bonds. The number of hydrogen-bond donors (Lipinski definition) is 0. The molecular formula is C13H23INO3. The van der Waals surface area contributed by atoms with Gasteiger partial charge in [-0.25, -0.2) is 0 Å². The second-order valence-corrected chi connectivity index (χ2v) is 7.31. The lowest BCUT2D eigenvalue weighted by molar-refractivity contribution is -0.299. The minimum atomic E-state index is -0.476. The standard InChI is InChI=1S/C13H23INO3/c1-12(2)8-10(9-13(3,4)15(12)17)18-11(16)6-5-7-14/h10H,5-9H2,1-4H3. The molecule has 105 valence electrons. The second-order valence-electron chi connectivity index (χ2n) is 6.23. The van der Waals surface area contributed by atoms with Crippen LogP contribution in [0.1, 0.15) is 53.4 Å². The van der Waals surface area contributed by atoms with E-state index in [1.54, 1.807) is 0 Å². The minimum absolute atomic E-state index is 0.136. The maximum atomic E-state index is 12.1. The number of esters is 1. The van der Waals surface area contributed by atoms with Crippen molar-refractivity contribution in [2.24, 2.45) is 0 Å². The van der Waals surface area contributed by atoms with Crippen molar-refractivity contribution in [1.29, 1.82) is 0 Å². The van der Waals surface area contributed by atoms with E-state index in [-0.39, 0.29) is 12.1 Å². The number of ether oxygens (including phenoxy) is 1. The fraction of sp³-hybridized carbons (Fsp3) is 0.923. The zero-order valence-corrected chi connectivity index (χ0v) is 13.8. The molecule has 0 N–H and O–H groups in total. The van der Waals surface area contributed by atoms with Crippen LogP contribution in [0.4, 0.5) is 0 Å². The molecule has 1 radical (unpaired) electrons. The molecule has 1 aliphatic heterocycles. The summed E-state index contributed by atoms with van der Waals surface area (Å²) in [6.07, 6.45) is 2.40. The highest BCUT2D eigenvalue weighted by molar-refractivity contribution is 14.1. The molecule has 1 aliphatic rings. The molecule has 1 saturated heterocycles. The molecule has 0 bridgehead atoms. The number of rotatable bonds is 4. The largest absolute Gasteiger partial charge is 0.462 e. The molecule has 0 aromatic rings. The molecule has 1 rings (SSSR count). The van der Waals surface area contributed by atoms with Crippen LogP contribution in [0.5, 0.6) is 0 Å². The van der Waals surface area contributed by atoms with Gasteiger partial charge < -0.3 is 4.74 Å². The first-order valence-corrected chi connectivity index (χ1v) is 7.94. The van der Waals surface area contributed by atoms with Gasteiger partial charge in [0.1, 0.15) is 6.10 Å². The molecule has 5 heteroatoms. The fourth-order valence-electron chi connectivity index (χ4n) is 2.71. The van der Waals surface area contributed by atoms with Gasteiger partial charge >= 0.3 is 5.97 Å². The van der Waals surface area contributed by atoms with E-state index in [0.717, 1.165) is 15.9 Å². The Hall–Kier alpha value is 0.120. The summed E-state index contributed by atoms with van der Waals surface area (Å²) in [5.74, 6) is -0.136. The van der Waals surface area contributed by atoms with E-state index >= 15 is 0 Å². The summed E-state index contributed by atoms with van der Waals surface area (Å²) in [5, 5.41) is 13.3. The predicted molar refractivity (Wildman–Crippen MR) is 77.9 cm³/mol. The van der Waals surface area contributed by atoms with Crippen molar-refractivity contribution in [1.82, 2.24) is 5.06 Å². The molecule has 0 saturated carbocycles. The molecule has 0 atom stereocenters. The number of alkyl halides is 1. The maximum Gasteiger partial charge on any atom is 0.306 e. The van der Waals surface area contributed by atoms with Crippen LogP contribution in [0, 0.1) is 0 Å². The number of piperidine rings is 1. The number of carbonyl (C=O) groups is 1. The average Bonchev–Trinajstić information content (AvgIpc) is 2.22. The summed E-state index contributed by atoms with van der Waals surface area (Å²) in [6.45, 7) is 7.64. The molecule has 18 heavy (non-hydrogen) atoms. The number of nitrogens with zero attached hydrogens (tertiary/aromatic N) is 1. The smallest absolute Gasteiger partial charge is 0.306 e. The van der Waals surface area contributed by atoms with Crippen molar-refractivity contribution in [3.8, 4) is 0 Å². The molecule has 0 aromatic heterocycles. The van der Waals surface area contributed by atoms with Crippen LogP contribution in [-0.4, -0.2) is 32.6 Å². The normalized spacial score (nSPS) is 23.9. The van der Waals surface area contributed by atoms with Crippen molar-refractivity contribution < 1.29 is 14.7 Å². The Balaban J connectivity index is 2.61. The quantitative estimate of drug-likeness (QED) is 0.435. The predicted octanol–water partition coefficient (Wildman–Crippen LogP) is 3.11. The van der Waals surface area contributed by atoms with E-state index in [1.807, 2.05) is 27.7 Å². The fourth-order valence-corrected chi connectivity index (χ4v) is 3.09. The van der Waals surface area contributed by atoms with E-state index in [2.05, 4.69) is 22.6 Å². The van der Waals surface area contributed by atoms with Crippen molar-refractivity contribution in [3.05, 3.63) is 0 Å². The van der Waals surface area contributed by atoms with Gasteiger partial charge in [-0.3, -0.25) is 4.79 Å². The average molecular weight is 368 g/mol. The van der Waals surface area contributed by atoms with Gasteiger partial charge in [-0.15, -0.1) is 10.3 Å². The lowest BCUT2D eigenvalue weighted by atomic mass is 9.80. The van der Waals surface area contributed by atoms with Gasteiger partial charge in [0.25, 0.3) is 0 Å². The number of halogens is 1. The first-order chi connectivity index (χ1) is 8.19. The summed E-state index contributed by atoms with van der Waals surface area (Å²) < 4.78 is 6.47. The summed E-state index contributed by atoms with van der Waals surface area (Å²) in [7, 11) is 0. The summed E-state index contributed by atoms with van der Waals surface area (Å²) >= 11 is 2.25. The monoisotopic (exact) mass is 368 g/mol. The molecule has 1 fully saturated rings. The summed E-state index contributed by atoms with van der Waals surface area (Å²) in [6, 6.07) is 0. The van der Waals surface area contributed by atoms with Gasteiger partial charge in [-0.2, -0.15) is 0 Å². The zero-order valence-electron chi connectivity index (χ0n) is 11.7. The van der Waals surface area contributed by atoms with Crippen molar-refractivity contribution in [2.45, 2.75) is 70.6 Å². The number of hydrogen-bond acceptors (Lipinski definition) is 3. The second kappa shape index (κ2) is 6.05. The van der Waals surface area contributed by atoms with Gasteiger partial charge in [0.2, 0.25) is 0 Å². The van der Waals surface area contributed by atoms with Crippen LogP contribution in [0.3, 0.4) is 0 Å². The first-order valence-electron chi connectivity index (χ1n) is 6.42. The van der Waals surface area contributed by atoms with Crippen LogP contribution < -0.4 is 0 Å². The Morgan fingerprint density at radius 1 is 1.28 bits per heavy atom. The number of carbonyl (C=O) groups excluding carboxylic acids is 1. The summed E-state index contributed by atoms with van der Waals surface area (Å²) in [4.78, 5) is 11.7. The van der Waals surface area contributed by atoms with E-state index in [9.17, 15) is 10.0 Å². The first kappa shape index (κ1) is 16.2.